The molecule has 0 bridgehead atoms. The van der Waals surface area contributed by atoms with Crippen molar-refractivity contribution in [3.8, 4) is 11.3 Å². The van der Waals surface area contributed by atoms with E-state index in [1.165, 1.54) is 28.3 Å². The molecule has 1 aromatic heterocycles. The number of hydrogen-bond donors (Lipinski definition) is 0. The van der Waals surface area contributed by atoms with Crippen LogP contribution in [0.1, 0.15) is 18.2 Å². The van der Waals surface area contributed by atoms with Gasteiger partial charge in [0.1, 0.15) is 5.82 Å². The summed E-state index contributed by atoms with van der Waals surface area (Å²) in [5.41, 5.74) is 0.144. The number of carbonyl (C=O) groups excluding carboxylic acids is 2. The summed E-state index contributed by atoms with van der Waals surface area (Å²) in [5.74, 6) is -4.69. The van der Waals surface area contributed by atoms with Gasteiger partial charge in [0, 0.05) is 26.6 Å². The number of hydrogen-bond acceptors (Lipinski definition) is 5. The van der Waals surface area contributed by atoms with Gasteiger partial charge in [-0.1, -0.05) is 0 Å². The lowest BCUT2D eigenvalue weighted by atomic mass is 10.0. The largest absolute Gasteiger partial charge is 0.434 e. The summed E-state index contributed by atoms with van der Waals surface area (Å²) in [6.07, 6.45) is 1.21. The number of nitrogens with zero attached hydrogens (tertiary/aromatic N) is 4. The number of ether oxygens (including phenoxy) is 1. The zero-order valence-electron chi connectivity index (χ0n) is 16.0. The van der Waals surface area contributed by atoms with Gasteiger partial charge in [0.2, 0.25) is 0 Å². The zero-order valence-corrected chi connectivity index (χ0v) is 16.0. The highest BCUT2D eigenvalue weighted by atomic mass is 19.3. The minimum absolute atomic E-state index is 0.0227. The Morgan fingerprint density at radius 2 is 2.07 bits per heavy atom. The van der Waals surface area contributed by atoms with Crippen LogP contribution in [0, 0.1) is 5.82 Å². The molecule has 7 nitrogen and oxygen atoms in total. The van der Waals surface area contributed by atoms with E-state index in [1.807, 2.05) is 0 Å². The van der Waals surface area contributed by atoms with Crippen molar-refractivity contribution < 1.29 is 27.5 Å². The maximum atomic E-state index is 13.7. The summed E-state index contributed by atoms with van der Waals surface area (Å²) in [7, 11) is 3.12. The monoisotopic (exact) mass is 408 g/mol. The summed E-state index contributed by atoms with van der Waals surface area (Å²) >= 11 is 0. The third-order valence-corrected chi connectivity index (χ3v) is 4.38. The molecule has 2 aromatic rings. The summed E-state index contributed by atoms with van der Waals surface area (Å²) in [6, 6.07) is 3.30. The molecule has 0 N–H and O–H groups in total. The van der Waals surface area contributed by atoms with Crippen LogP contribution in [0.15, 0.2) is 30.6 Å². The number of likely N-dealkylation sites (N-methyl/N-ethyl adjacent to an activating group) is 1. The van der Waals surface area contributed by atoms with E-state index in [4.69, 9.17) is 4.74 Å². The normalized spacial score (nSPS) is 16.7. The van der Waals surface area contributed by atoms with Crippen LogP contribution in [0.2, 0.25) is 0 Å². The quantitative estimate of drug-likeness (QED) is 0.761. The van der Waals surface area contributed by atoms with Gasteiger partial charge in [-0.25, -0.2) is 22.9 Å². The molecule has 29 heavy (non-hydrogen) atoms. The number of cyclic esters (lactones) is 1. The highest BCUT2D eigenvalue weighted by molar-refractivity contribution is 5.86. The maximum absolute atomic E-state index is 13.7. The number of carbonyl (C=O) groups is 2. The number of aromatic nitrogens is 2. The van der Waals surface area contributed by atoms with E-state index >= 15 is 0 Å². The third kappa shape index (κ3) is 4.47. The molecule has 1 aliphatic rings. The minimum atomic E-state index is -3.35. The molecule has 2 heterocycles. The maximum Gasteiger partial charge on any atom is 0.411 e. The van der Waals surface area contributed by atoms with Crippen molar-refractivity contribution in [3.63, 3.8) is 0 Å². The average molecular weight is 408 g/mol. The van der Waals surface area contributed by atoms with E-state index in [2.05, 4.69) is 9.97 Å². The van der Waals surface area contributed by atoms with Gasteiger partial charge >= 0.3 is 6.09 Å². The van der Waals surface area contributed by atoms with E-state index in [-0.39, 0.29) is 30.3 Å². The van der Waals surface area contributed by atoms with E-state index in [0.29, 0.717) is 12.6 Å². The Kier molecular flexibility index (Phi) is 5.45. The van der Waals surface area contributed by atoms with Crippen LogP contribution in [0.3, 0.4) is 0 Å². The molecular weight excluding hydrogens is 389 g/mol. The number of amides is 2. The van der Waals surface area contributed by atoms with E-state index in [9.17, 15) is 22.8 Å². The lowest BCUT2D eigenvalue weighted by molar-refractivity contribution is -0.135. The number of halogens is 3. The summed E-state index contributed by atoms with van der Waals surface area (Å²) in [6.45, 7) is 0.696. The molecule has 0 spiro atoms. The van der Waals surface area contributed by atoms with Crippen LogP contribution in [-0.2, 0) is 22.0 Å². The second-order valence-electron chi connectivity index (χ2n) is 6.96. The summed E-state index contributed by atoms with van der Waals surface area (Å²) in [4.78, 5) is 35.0. The molecule has 1 fully saturated rings. The number of rotatable bonds is 5. The van der Waals surface area contributed by atoms with Crippen molar-refractivity contribution in [2.45, 2.75) is 25.5 Å². The molecule has 1 saturated heterocycles. The van der Waals surface area contributed by atoms with Gasteiger partial charge in [0.05, 0.1) is 42.4 Å². The van der Waals surface area contributed by atoms with Gasteiger partial charge < -0.3 is 9.64 Å². The number of benzene rings is 1. The van der Waals surface area contributed by atoms with Crippen LogP contribution in [-0.4, -0.2) is 58.5 Å². The first-order valence-corrected chi connectivity index (χ1v) is 8.72. The van der Waals surface area contributed by atoms with Crippen LogP contribution in [0.4, 0.5) is 18.0 Å². The van der Waals surface area contributed by atoms with Crippen LogP contribution < -0.4 is 0 Å². The van der Waals surface area contributed by atoms with Crippen LogP contribution in [0.25, 0.3) is 11.3 Å². The average Bonchev–Trinajstić information content (AvgIpc) is 3.01. The fourth-order valence-corrected chi connectivity index (χ4v) is 2.89. The van der Waals surface area contributed by atoms with E-state index in [0.717, 1.165) is 12.1 Å². The summed E-state index contributed by atoms with van der Waals surface area (Å²) in [5, 5.41) is 0. The first kappa shape index (κ1) is 20.6. The fourth-order valence-electron chi connectivity index (χ4n) is 2.89. The van der Waals surface area contributed by atoms with Gasteiger partial charge in [0.15, 0.2) is 6.10 Å². The Morgan fingerprint density at radius 3 is 2.72 bits per heavy atom. The molecule has 1 aliphatic heterocycles. The van der Waals surface area contributed by atoms with Crippen molar-refractivity contribution in [1.29, 1.82) is 0 Å². The molecule has 2 amide bonds. The van der Waals surface area contributed by atoms with Gasteiger partial charge in [-0.3, -0.25) is 14.7 Å². The Balaban J connectivity index is 1.81. The Bertz CT molecular complexity index is 947. The lowest BCUT2D eigenvalue weighted by Crippen LogP contribution is -2.36. The van der Waals surface area contributed by atoms with E-state index < -0.39 is 29.5 Å². The van der Waals surface area contributed by atoms with Crippen LogP contribution in [0.5, 0.6) is 0 Å². The van der Waals surface area contributed by atoms with Crippen molar-refractivity contribution in [2.24, 2.45) is 0 Å². The van der Waals surface area contributed by atoms with Crippen molar-refractivity contribution in [1.82, 2.24) is 19.8 Å². The first-order valence-electron chi connectivity index (χ1n) is 8.72. The molecule has 1 unspecified atom stereocenters. The molecule has 10 heteroatoms. The van der Waals surface area contributed by atoms with Crippen molar-refractivity contribution >= 4 is 12.0 Å². The smallest absolute Gasteiger partial charge is 0.411 e. The Hall–Kier alpha value is -3.17. The van der Waals surface area contributed by atoms with Gasteiger partial charge in [-0.15, -0.1) is 0 Å². The highest BCUT2D eigenvalue weighted by Crippen LogP contribution is 2.32. The highest BCUT2D eigenvalue weighted by Gasteiger charge is 2.37. The van der Waals surface area contributed by atoms with Crippen molar-refractivity contribution in [2.75, 3.05) is 20.6 Å². The minimum Gasteiger partial charge on any atom is -0.434 e. The molecule has 0 radical (unpaired) electrons. The predicted molar refractivity (Wildman–Crippen MR) is 96.4 cm³/mol. The Morgan fingerprint density at radius 1 is 1.34 bits per heavy atom. The topological polar surface area (TPSA) is 75.6 Å². The molecule has 0 saturated carbocycles. The molecule has 3 rings (SSSR count). The first-order chi connectivity index (χ1) is 13.6. The molecule has 0 aliphatic carbocycles. The molecule has 154 valence electrons. The molecule has 1 aromatic carbocycles. The van der Waals surface area contributed by atoms with Gasteiger partial charge in [0.25, 0.3) is 11.8 Å². The second-order valence-corrected chi connectivity index (χ2v) is 6.96. The Labute approximate surface area is 165 Å². The predicted octanol–water partition coefficient (Wildman–Crippen LogP) is 2.80. The van der Waals surface area contributed by atoms with Crippen LogP contribution >= 0.6 is 0 Å². The number of alkyl halides is 2. The summed E-state index contributed by atoms with van der Waals surface area (Å²) < 4.78 is 46.0. The SMILES string of the molecule is CN(C)C(=O)C1CN(Cc2cncc(-c3ccc(F)c(C(C)(F)F)c3)n2)C(=O)O1. The lowest BCUT2D eigenvalue weighted by Gasteiger charge is -2.15. The zero-order chi connectivity index (χ0) is 21.3. The fraction of sp³-hybridized carbons (Fsp3) is 0.368. The standard InChI is InChI=1S/C19H19F3N4O3/c1-19(21,22)13-6-11(4-5-14(13)20)15-8-23-7-12(24-15)9-26-10-16(29-18(26)28)17(27)25(2)3/h4-8,16H,9-10H2,1-3H3. The molecule has 1 atom stereocenters. The van der Waals surface area contributed by atoms with Crippen molar-refractivity contribution in [3.05, 3.63) is 47.7 Å². The second kappa shape index (κ2) is 7.69. The third-order valence-electron chi connectivity index (χ3n) is 4.38. The molecular formula is C19H19F3N4O3. The van der Waals surface area contributed by atoms with E-state index in [1.54, 1.807) is 14.1 Å². The van der Waals surface area contributed by atoms with Gasteiger partial charge in [-0.2, -0.15) is 0 Å². The van der Waals surface area contributed by atoms with Gasteiger partial charge in [-0.05, 0) is 18.2 Å².